The zero-order chi connectivity index (χ0) is 12.6. The van der Waals surface area contributed by atoms with Crippen molar-refractivity contribution in [3.63, 3.8) is 0 Å². The molecule has 1 N–H and O–H groups in total. The van der Waals surface area contributed by atoms with Crippen LogP contribution in [-0.2, 0) is 14.3 Å². The molecule has 5 nitrogen and oxygen atoms in total. The van der Waals surface area contributed by atoms with Crippen LogP contribution in [0.25, 0.3) is 0 Å². The molecule has 0 aliphatic heterocycles. The normalized spacial score (nSPS) is 12.0. The molecule has 0 saturated carbocycles. The fourth-order valence-electron chi connectivity index (χ4n) is 1.44. The maximum atomic E-state index is 11.7. The average molecular weight is 230 g/mol. The second-order valence-electron chi connectivity index (χ2n) is 3.90. The summed E-state index contributed by atoms with van der Waals surface area (Å²) in [5.74, 6) is -0.170. The van der Waals surface area contributed by atoms with Crippen LogP contribution < -0.4 is 5.32 Å². The van der Waals surface area contributed by atoms with E-state index in [0.717, 1.165) is 0 Å². The number of carbonyl (C=O) groups excluding carboxylic acids is 2. The quantitative estimate of drug-likeness (QED) is 0.637. The summed E-state index contributed by atoms with van der Waals surface area (Å²) in [5, 5.41) is 2.97. The van der Waals surface area contributed by atoms with Crippen molar-refractivity contribution < 1.29 is 14.3 Å². The zero-order valence-corrected chi connectivity index (χ0v) is 10.6. The second-order valence-corrected chi connectivity index (χ2v) is 3.90. The molecule has 0 heterocycles. The van der Waals surface area contributed by atoms with E-state index in [1.54, 1.807) is 11.9 Å². The molecular formula is C11H22N2O3. The molecule has 94 valence electrons. The third-order valence-electron chi connectivity index (χ3n) is 2.41. The Balaban J connectivity index is 3.83. The summed E-state index contributed by atoms with van der Waals surface area (Å²) in [4.78, 5) is 24.3. The Hall–Kier alpha value is -1.10. The average Bonchev–Trinajstić information content (AvgIpc) is 2.27. The third-order valence-corrected chi connectivity index (χ3v) is 2.41. The Morgan fingerprint density at radius 1 is 1.44 bits per heavy atom. The summed E-state index contributed by atoms with van der Waals surface area (Å²) in [6.45, 7) is 3.14. The first-order valence-corrected chi connectivity index (χ1v) is 5.49. The van der Waals surface area contributed by atoms with Gasteiger partial charge in [0.15, 0.2) is 0 Å². The molecule has 1 unspecified atom stereocenters. The molecule has 0 aromatic heterocycles. The van der Waals surface area contributed by atoms with Gasteiger partial charge in [0, 0.05) is 32.5 Å². The number of nitrogens with one attached hydrogen (secondary N) is 1. The lowest BCUT2D eigenvalue weighted by Gasteiger charge is -2.20. The maximum absolute atomic E-state index is 11.7. The van der Waals surface area contributed by atoms with Crippen LogP contribution in [-0.4, -0.2) is 51.1 Å². The Bertz CT molecular complexity index is 231. The van der Waals surface area contributed by atoms with Gasteiger partial charge in [-0.15, -0.1) is 0 Å². The van der Waals surface area contributed by atoms with Crippen LogP contribution in [0.1, 0.15) is 19.8 Å². The highest BCUT2D eigenvalue weighted by Gasteiger charge is 2.16. The standard InChI is InChI=1S/C11H22N2O3/c1-9(8-12-2)11(15)13(3)7-5-6-10(14)16-4/h9,12H,5-8H2,1-4H3. The highest BCUT2D eigenvalue weighted by Crippen LogP contribution is 2.02. The van der Waals surface area contributed by atoms with Crippen LogP contribution in [0.4, 0.5) is 0 Å². The van der Waals surface area contributed by atoms with E-state index in [4.69, 9.17) is 0 Å². The van der Waals surface area contributed by atoms with Crippen LogP contribution >= 0.6 is 0 Å². The lowest BCUT2D eigenvalue weighted by atomic mass is 10.1. The molecule has 5 heteroatoms. The number of amides is 1. The number of esters is 1. The highest BCUT2D eigenvalue weighted by molar-refractivity contribution is 5.78. The number of hydrogen-bond acceptors (Lipinski definition) is 4. The lowest BCUT2D eigenvalue weighted by molar-refractivity contribution is -0.141. The summed E-state index contributed by atoms with van der Waals surface area (Å²) < 4.78 is 4.53. The molecule has 16 heavy (non-hydrogen) atoms. The van der Waals surface area contributed by atoms with Gasteiger partial charge in [0.25, 0.3) is 0 Å². The Kier molecular flexibility index (Phi) is 7.54. The van der Waals surface area contributed by atoms with Gasteiger partial charge in [0.2, 0.25) is 5.91 Å². The van der Waals surface area contributed by atoms with Gasteiger partial charge in [-0.2, -0.15) is 0 Å². The molecule has 0 aromatic rings. The van der Waals surface area contributed by atoms with E-state index in [0.29, 0.717) is 25.9 Å². The van der Waals surface area contributed by atoms with Gasteiger partial charge in [-0.25, -0.2) is 0 Å². The number of rotatable bonds is 7. The Morgan fingerprint density at radius 3 is 2.56 bits per heavy atom. The van der Waals surface area contributed by atoms with Gasteiger partial charge in [-0.3, -0.25) is 9.59 Å². The first-order valence-electron chi connectivity index (χ1n) is 5.49. The van der Waals surface area contributed by atoms with Crippen LogP contribution in [0.3, 0.4) is 0 Å². The van der Waals surface area contributed by atoms with Crippen molar-refractivity contribution in [1.29, 1.82) is 0 Å². The number of methoxy groups -OCH3 is 1. The van der Waals surface area contributed by atoms with Crippen molar-refractivity contribution in [2.75, 3.05) is 34.3 Å². The lowest BCUT2D eigenvalue weighted by Crippen LogP contribution is -2.36. The van der Waals surface area contributed by atoms with Crippen molar-refractivity contribution >= 4 is 11.9 Å². The minimum absolute atomic E-state index is 0.0341. The molecule has 0 bridgehead atoms. The zero-order valence-electron chi connectivity index (χ0n) is 10.6. The number of nitrogens with zero attached hydrogens (tertiary/aromatic N) is 1. The fourth-order valence-corrected chi connectivity index (χ4v) is 1.44. The number of carbonyl (C=O) groups is 2. The van der Waals surface area contributed by atoms with Gasteiger partial charge >= 0.3 is 5.97 Å². The van der Waals surface area contributed by atoms with Crippen molar-refractivity contribution in [3.05, 3.63) is 0 Å². The molecule has 0 saturated heterocycles. The van der Waals surface area contributed by atoms with E-state index in [2.05, 4.69) is 10.1 Å². The van der Waals surface area contributed by atoms with Gasteiger partial charge in [0.1, 0.15) is 0 Å². The Morgan fingerprint density at radius 2 is 2.06 bits per heavy atom. The van der Waals surface area contributed by atoms with Crippen molar-refractivity contribution in [2.45, 2.75) is 19.8 Å². The van der Waals surface area contributed by atoms with Gasteiger partial charge in [-0.05, 0) is 13.5 Å². The van der Waals surface area contributed by atoms with Gasteiger partial charge in [0.05, 0.1) is 7.11 Å². The van der Waals surface area contributed by atoms with E-state index in [1.165, 1.54) is 7.11 Å². The predicted octanol–water partition coefficient (Wildman–Crippen LogP) is 0.254. The van der Waals surface area contributed by atoms with E-state index in [1.807, 2.05) is 14.0 Å². The molecule has 0 radical (unpaired) electrons. The molecule has 0 aromatic carbocycles. The first kappa shape index (κ1) is 14.9. The summed E-state index contributed by atoms with van der Waals surface area (Å²) in [6, 6.07) is 0. The molecule has 1 atom stereocenters. The highest BCUT2D eigenvalue weighted by atomic mass is 16.5. The SMILES string of the molecule is CNCC(C)C(=O)N(C)CCCC(=O)OC. The van der Waals surface area contributed by atoms with E-state index in [9.17, 15) is 9.59 Å². The first-order chi connectivity index (χ1) is 7.52. The number of hydrogen-bond donors (Lipinski definition) is 1. The van der Waals surface area contributed by atoms with Crippen LogP contribution in [0.2, 0.25) is 0 Å². The van der Waals surface area contributed by atoms with E-state index >= 15 is 0 Å². The van der Waals surface area contributed by atoms with Crippen molar-refractivity contribution in [2.24, 2.45) is 5.92 Å². The predicted molar refractivity (Wildman–Crippen MR) is 62.0 cm³/mol. The number of ether oxygens (including phenoxy) is 1. The molecule has 0 spiro atoms. The summed E-state index contributed by atoms with van der Waals surface area (Å²) in [6.07, 6.45) is 0.996. The van der Waals surface area contributed by atoms with E-state index < -0.39 is 0 Å². The molecule has 0 aliphatic rings. The van der Waals surface area contributed by atoms with Crippen LogP contribution in [0.5, 0.6) is 0 Å². The van der Waals surface area contributed by atoms with Crippen molar-refractivity contribution in [1.82, 2.24) is 10.2 Å². The second kappa shape index (κ2) is 8.10. The van der Waals surface area contributed by atoms with Gasteiger partial charge < -0.3 is 15.0 Å². The topological polar surface area (TPSA) is 58.6 Å². The summed E-state index contributed by atoms with van der Waals surface area (Å²) in [5.41, 5.74) is 0. The third kappa shape index (κ3) is 5.70. The van der Waals surface area contributed by atoms with Crippen molar-refractivity contribution in [3.8, 4) is 0 Å². The molecule has 1 amide bonds. The van der Waals surface area contributed by atoms with Crippen LogP contribution in [0, 0.1) is 5.92 Å². The molecular weight excluding hydrogens is 208 g/mol. The van der Waals surface area contributed by atoms with Gasteiger partial charge in [-0.1, -0.05) is 6.92 Å². The Labute approximate surface area is 97.1 Å². The molecule has 0 aliphatic carbocycles. The monoisotopic (exact) mass is 230 g/mol. The van der Waals surface area contributed by atoms with Crippen LogP contribution in [0.15, 0.2) is 0 Å². The molecule has 0 rings (SSSR count). The summed E-state index contributed by atoms with van der Waals surface area (Å²) in [7, 11) is 4.94. The molecule has 0 fully saturated rings. The summed E-state index contributed by atoms with van der Waals surface area (Å²) >= 11 is 0. The van der Waals surface area contributed by atoms with E-state index in [-0.39, 0.29) is 17.8 Å². The minimum atomic E-state index is -0.232. The minimum Gasteiger partial charge on any atom is -0.469 e. The maximum Gasteiger partial charge on any atom is 0.305 e. The largest absolute Gasteiger partial charge is 0.469 e. The smallest absolute Gasteiger partial charge is 0.305 e. The fraction of sp³-hybridized carbons (Fsp3) is 0.818.